The largest absolute Gasteiger partial charge is 0.496 e. The van der Waals surface area contributed by atoms with E-state index in [9.17, 15) is 9.59 Å². The Kier molecular flexibility index (Phi) is 8.89. The minimum atomic E-state index is -0.248. The molecule has 0 saturated carbocycles. The summed E-state index contributed by atoms with van der Waals surface area (Å²) in [6.45, 7) is 9.93. The van der Waals surface area contributed by atoms with Gasteiger partial charge in [-0.3, -0.25) is 14.5 Å². The second-order valence-corrected chi connectivity index (χ2v) is 8.57. The molecule has 6 heteroatoms. The van der Waals surface area contributed by atoms with E-state index in [0.29, 0.717) is 26.2 Å². The van der Waals surface area contributed by atoms with E-state index in [1.807, 2.05) is 30.0 Å². The Morgan fingerprint density at radius 2 is 1.79 bits per heavy atom. The smallest absolute Gasteiger partial charge is 0.310 e. The molecule has 0 aliphatic carbocycles. The molecule has 0 N–H and O–H groups in total. The summed E-state index contributed by atoms with van der Waals surface area (Å²) in [5.41, 5.74) is 5.00. The summed E-state index contributed by atoms with van der Waals surface area (Å²) in [7, 11) is 1.65. The lowest BCUT2D eigenvalue weighted by atomic mass is 9.94. The molecule has 1 aliphatic rings. The van der Waals surface area contributed by atoms with E-state index in [-0.39, 0.29) is 18.3 Å². The number of aryl methyl sites for hydroxylation is 1. The molecular formula is C27H36N2O4. The van der Waals surface area contributed by atoms with Crippen LogP contribution in [0.2, 0.25) is 0 Å². The van der Waals surface area contributed by atoms with Gasteiger partial charge in [0.1, 0.15) is 5.75 Å². The fraction of sp³-hybridized carbons (Fsp3) is 0.481. The van der Waals surface area contributed by atoms with Crippen LogP contribution in [0.15, 0.2) is 36.4 Å². The number of hydrogen-bond acceptors (Lipinski definition) is 5. The Morgan fingerprint density at radius 3 is 2.45 bits per heavy atom. The van der Waals surface area contributed by atoms with Crippen LogP contribution in [0.3, 0.4) is 0 Å². The first-order chi connectivity index (χ1) is 15.9. The average Bonchev–Trinajstić information content (AvgIpc) is 3.30. The first-order valence-corrected chi connectivity index (χ1v) is 11.9. The number of amides is 1. The molecule has 3 rings (SSSR count). The Labute approximate surface area is 197 Å². The van der Waals surface area contributed by atoms with Gasteiger partial charge in [0, 0.05) is 18.7 Å². The summed E-state index contributed by atoms with van der Waals surface area (Å²) in [6, 6.07) is 12.1. The van der Waals surface area contributed by atoms with E-state index in [0.717, 1.165) is 46.7 Å². The Bertz CT molecular complexity index is 967. The number of nitrogens with zero attached hydrogens (tertiary/aromatic N) is 2. The summed E-state index contributed by atoms with van der Waals surface area (Å²) >= 11 is 0. The van der Waals surface area contributed by atoms with E-state index >= 15 is 0 Å². The molecule has 1 saturated heterocycles. The summed E-state index contributed by atoms with van der Waals surface area (Å²) in [5.74, 6) is 0.649. The lowest BCUT2D eigenvalue weighted by Crippen LogP contribution is -2.39. The summed E-state index contributed by atoms with van der Waals surface area (Å²) in [6.07, 6.45) is 2.55. The van der Waals surface area contributed by atoms with Crippen LogP contribution < -0.4 is 4.74 Å². The number of carbonyl (C=O) groups is 2. The number of likely N-dealkylation sites (tertiary alicyclic amines) is 1. The summed E-state index contributed by atoms with van der Waals surface area (Å²) < 4.78 is 10.8. The number of rotatable bonds is 10. The van der Waals surface area contributed by atoms with Crippen molar-refractivity contribution in [2.75, 3.05) is 39.9 Å². The normalized spacial score (nSPS) is 13.7. The third-order valence-corrected chi connectivity index (χ3v) is 6.12. The standard InChI is InChI=1S/C27H36N2O4/c1-5-29(26(30)19-28-13-7-8-14-28)18-22-15-20(3)9-11-23(22)24-16-21(10-12-25(24)32-4)17-27(31)33-6-2/h9-12,15-16H,5-8,13-14,17-19H2,1-4H3. The predicted molar refractivity (Wildman–Crippen MR) is 130 cm³/mol. The Morgan fingerprint density at radius 1 is 1.03 bits per heavy atom. The minimum Gasteiger partial charge on any atom is -0.496 e. The predicted octanol–water partition coefficient (Wildman–Crippen LogP) is 4.22. The van der Waals surface area contributed by atoms with Crippen molar-refractivity contribution in [2.24, 2.45) is 0 Å². The maximum absolute atomic E-state index is 13.0. The van der Waals surface area contributed by atoms with Gasteiger partial charge in [-0.2, -0.15) is 0 Å². The van der Waals surface area contributed by atoms with Gasteiger partial charge in [-0.05, 0) is 75.5 Å². The average molecular weight is 453 g/mol. The molecule has 1 amide bonds. The van der Waals surface area contributed by atoms with Gasteiger partial charge in [-0.1, -0.05) is 29.8 Å². The maximum atomic E-state index is 13.0. The fourth-order valence-corrected chi connectivity index (χ4v) is 4.38. The van der Waals surface area contributed by atoms with Crippen molar-refractivity contribution in [3.05, 3.63) is 53.1 Å². The number of ether oxygens (including phenoxy) is 2. The van der Waals surface area contributed by atoms with Crippen LogP contribution in [0.4, 0.5) is 0 Å². The zero-order valence-electron chi connectivity index (χ0n) is 20.4. The minimum absolute atomic E-state index is 0.162. The number of esters is 1. The highest BCUT2D eigenvalue weighted by molar-refractivity contribution is 5.80. The first kappa shape index (κ1) is 24.8. The van der Waals surface area contributed by atoms with Gasteiger partial charge in [0.05, 0.1) is 26.7 Å². The number of likely N-dealkylation sites (N-methyl/N-ethyl adjacent to an activating group) is 1. The van der Waals surface area contributed by atoms with Crippen LogP contribution >= 0.6 is 0 Å². The van der Waals surface area contributed by atoms with Crippen molar-refractivity contribution in [1.29, 1.82) is 0 Å². The number of benzene rings is 2. The van der Waals surface area contributed by atoms with Crippen molar-refractivity contribution >= 4 is 11.9 Å². The molecule has 0 bridgehead atoms. The van der Waals surface area contributed by atoms with Gasteiger partial charge >= 0.3 is 5.97 Å². The quantitative estimate of drug-likeness (QED) is 0.505. The Hall–Kier alpha value is -2.86. The third kappa shape index (κ3) is 6.57. The van der Waals surface area contributed by atoms with E-state index in [2.05, 4.69) is 30.0 Å². The molecule has 0 radical (unpaired) electrons. The maximum Gasteiger partial charge on any atom is 0.310 e. The van der Waals surface area contributed by atoms with Crippen molar-refractivity contribution < 1.29 is 19.1 Å². The van der Waals surface area contributed by atoms with Crippen LogP contribution in [0.5, 0.6) is 5.75 Å². The summed E-state index contributed by atoms with van der Waals surface area (Å²) in [4.78, 5) is 29.2. The molecule has 0 atom stereocenters. The van der Waals surface area contributed by atoms with Crippen LogP contribution in [0.25, 0.3) is 11.1 Å². The molecule has 0 spiro atoms. The molecule has 2 aromatic rings. The Balaban J connectivity index is 1.91. The number of methoxy groups -OCH3 is 1. The van der Waals surface area contributed by atoms with Crippen LogP contribution in [0, 0.1) is 6.92 Å². The monoisotopic (exact) mass is 452 g/mol. The van der Waals surface area contributed by atoms with Crippen molar-refractivity contribution in [3.63, 3.8) is 0 Å². The van der Waals surface area contributed by atoms with Gasteiger partial charge in [0.15, 0.2) is 0 Å². The van der Waals surface area contributed by atoms with Crippen molar-refractivity contribution in [1.82, 2.24) is 9.80 Å². The lowest BCUT2D eigenvalue weighted by molar-refractivity contribution is -0.142. The van der Waals surface area contributed by atoms with E-state index in [1.54, 1.807) is 14.0 Å². The highest BCUT2D eigenvalue weighted by Crippen LogP contribution is 2.34. The highest BCUT2D eigenvalue weighted by Gasteiger charge is 2.21. The van der Waals surface area contributed by atoms with E-state index < -0.39 is 0 Å². The number of carbonyl (C=O) groups excluding carboxylic acids is 2. The van der Waals surface area contributed by atoms with Crippen molar-refractivity contribution in [2.45, 2.75) is 46.6 Å². The molecule has 0 unspecified atom stereocenters. The second kappa shape index (κ2) is 11.8. The second-order valence-electron chi connectivity index (χ2n) is 8.57. The zero-order valence-corrected chi connectivity index (χ0v) is 20.4. The van der Waals surface area contributed by atoms with Crippen LogP contribution in [-0.4, -0.2) is 61.6 Å². The van der Waals surface area contributed by atoms with Gasteiger partial charge in [-0.15, -0.1) is 0 Å². The molecular weight excluding hydrogens is 416 g/mol. The molecule has 33 heavy (non-hydrogen) atoms. The van der Waals surface area contributed by atoms with Gasteiger partial charge in [0.25, 0.3) is 0 Å². The fourth-order valence-electron chi connectivity index (χ4n) is 4.38. The molecule has 0 aromatic heterocycles. The SMILES string of the molecule is CCOC(=O)Cc1ccc(OC)c(-c2ccc(C)cc2CN(CC)C(=O)CN2CCCC2)c1. The van der Waals surface area contributed by atoms with Gasteiger partial charge in [0.2, 0.25) is 5.91 Å². The topological polar surface area (TPSA) is 59.1 Å². The lowest BCUT2D eigenvalue weighted by Gasteiger charge is -2.26. The molecule has 1 heterocycles. The third-order valence-electron chi connectivity index (χ3n) is 6.12. The van der Waals surface area contributed by atoms with E-state index in [4.69, 9.17) is 9.47 Å². The molecule has 1 aliphatic heterocycles. The van der Waals surface area contributed by atoms with E-state index in [1.165, 1.54) is 12.8 Å². The molecule has 6 nitrogen and oxygen atoms in total. The molecule has 2 aromatic carbocycles. The van der Waals surface area contributed by atoms with Gasteiger partial charge in [-0.25, -0.2) is 0 Å². The zero-order chi connectivity index (χ0) is 23.8. The highest BCUT2D eigenvalue weighted by atomic mass is 16.5. The van der Waals surface area contributed by atoms with Crippen molar-refractivity contribution in [3.8, 4) is 16.9 Å². The van der Waals surface area contributed by atoms with Gasteiger partial charge < -0.3 is 14.4 Å². The first-order valence-electron chi connectivity index (χ1n) is 11.9. The molecule has 178 valence electrons. The van der Waals surface area contributed by atoms with Crippen LogP contribution in [-0.2, 0) is 27.3 Å². The van der Waals surface area contributed by atoms with Crippen LogP contribution in [0.1, 0.15) is 43.4 Å². The number of hydrogen-bond donors (Lipinski definition) is 0. The summed E-state index contributed by atoms with van der Waals surface area (Å²) in [5, 5.41) is 0. The molecule has 1 fully saturated rings.